The number of rotatable bonds is 4. The van der Waals surface area contributed by atoms with Crippen LogP contribution in [0, 0.1) is 35.3 Å². The van der Waals surface area contributed by atoms with Crippen LogP contribution in [0.15, 0.2) is 48.5 Å². The Morgan fingerprint density at radius 1 is 1.19 bits per heavy atom. The number of carbonyl (C=O) groups excluding carboxylic acids is 1. The van der Waals surface area contributed by atoms with Gasteiger partial charge in [0.1, 0.15) is 6.07 Å². The summed E-state index contributed by atoms with van der Waals surface area (Å²) in [6.45, 7) is 3.82. The number of hydrogen-bond donors (Lipinski definition) is 1. The lowest BCUT2D eigenvalue weighted by Crippen LogP contribution is -2.14. The van der Waals surface area contributed by atoms with E-state index in [4.69, 9.17) is 4.98 Å². The van der Waals surface area contributed by atoms with E-state index in [1.54, 1.807) is 16.8 Å². The molecule has 9 nitrogen and oxygen atoms in total. The number of anilines is 1. The Labute approximate surface area is 183 Å². The largest absolute Gasteiger partial charge is 0.321 e. The first-order valence-corrected chi connectivity index (χ1v) is 9.70. The lowest BCUT2D eigenvalue weighted by atomic mass is 10.0. The molecule has 9 heteroatoms. The van der Waals surface area contributed by atoms with Crippen molar-refractivity contribution >= 4 is 28.2 Å². The van der Waals surface area contributed by atoms with E-state index in [0.717, 1.165) is 23.0 Å². The Morgan fingerprint density at radius 2 is 1.94 bits per heavy atom. The fourth-order valence-corrected chi connectivity index (χ4v) is 3.67. The van der Waals surface area contributed by atoms with Gasteiger partial charge in [0.2, 0.25) is 0 Å². The molecule has 2 aromatic carbocycles. The summed E-state index contributed by atoms with van der Waals surface area (Å²) >= 11 is 0. The van der Waals surface area contributed by atoms with Crippen LogP contribution in [0.5, 0.6) is 0 Å². The highest BCUT2D eigenvalue weighted by atomic mass is 16.6. The molecule has 0 atom stereocenters. The number of nitro benzene ring substituents is 1. The van der Waals surface area contributed by atoms with Crippen molar-refractivity contribution in [3.05, 3.63) is 81.2 Å². The molecule has 0 radical (unpaired) electrons. The van der Waals surface area contributed by atoms with Gasteiger partial charge in [0, 0.05) is 35.8 Å². The third kappa shape index (κ3) is 3.54. The average Bonchev–Trinajstić information content (AvgIpc) is 3.04. The molecular weight excluding hydrogens is 408 g/mol. The minimum Gasteiger partial charge on any atom is -0.321 e. The Kier molecular flexibility index (Phi) is 5.12. The van der Waals surface area contributed by atoms with Gasteiger partial charge in [-0.15, -0.1) is 0 Å². The number of para-hydroxylation sites is 1. The van der Waals surface area contributed by atoms with Crippen LogP contribution in [0.2, 0.25) is 0 Å². The third-order valence-electron chi connectivity index (χ3n) is 5.31. The number of nitrogens with one attached hydrogen (secondary N) is 1. The summed E-state index contributed by atoms with van der Waals surface area (Å²) in [6, 6.07) is 14.6. The van der Waals surface area contributed by atoms with Gasteiger partial charge < -0.3 is 5.32 Å². The number of aryl methyl sites for hydroxylation is 2. The van der Waals surface area contributed by atoms with Crippen LogP contribution >= 0.6 is 0 Å². The molecule has 4 rings (SSSR count). The fraction of sp³-hybridized carbons (Fsp3) is 0.130. The monoisotopic (exact) mass is 426 g/mol. The van der Waals surface area contributed by atoms with E-state index in [-0.39, 0.29) is 16.9 Å². The van der Waals surface area contributed by atoms with E-state index >= 15 is 0 Å². The number of carbonyl (C=O) groups is 1. The second-order valence-corrected chi connectivity index (χ2v) is 7.29. The zero-order valence-corrected chi connectivity index (χ0v) is 17.6. The number of hydrogen-bond acceptors (Lipinski definition) is 6. The first kappa shape index (κ1) is 20.7. The number of nitriles is 1. The number of pyridine rings is 1. The van der Waals surface area contributed by atoms with Crippen molar-refractivity contribution in [1.29, 1.82) is 5.26 Å². The Morgan fingerprint density at radius 3 is 2.59 bits per heavy atom. The van der Waals surface area contributed by atoms with Gasteiger partial charge >= 0.3 is 0 Å². The molecule has 32 heavy (non-hydrogen) atoms. The SMILES string of the molecule is Cc1nn(C)c(C)c1-c1cc(C(=O)Nc2ccc([N+](=O)[O-])cc2C#N)c2ccccc2n1. The van der Waals surface area contributed by atoms with Crippen LogP contribution in [0.4, 0.5) is 11.4 Å². The maximum absolute atomic E-state index is 13.3. The van der Waals surface area contributed by atoms with E-state index in [9.17, 15) is 20.2 Å². The van der Waals surface area contributed by atoms with Crippen molar-refractivity contribution < 1.29 is 9.72 Å². The minimum atomic E-state index is -0.590. The van der Waals surface area contributed by atoms with Gasteiger partial charge in [-0.25, -0.2) is 4.98 Å². The molecule has 0 fully saturated rings. The Bertz CT molecular complexity index is 1450. The molecule has 0 saturated heterocycles. The van der Waals surface area contributed by atoms with Crippen molar-refractivity contribution in [2.75, 3.05) is 5.32 Å². The zero-order chi connectivity index (χ0) is 23.0. The van der Waals surface area contributed by atoms with Crippen molar-refractivity contribution in [2.45, 2.75) is 13.8 Å². The molecule has 0 saturated carbocycles. The number of nitro groups is 1. The molecule has 0 aliphatic carbocycles. The Balaban J connectivity index is 1.83. The summed E-state index contributed by atoms with van der Waals surface area (Å²) < 4.78 is 1.76. The van der Waals surface area contributed by atoms with Gasteiger partial charge in [0.15, 0.2) is 0 Å². The summed E-state index contributed by atoms with van der Waals surface area (Å²) in [4.78, 5) is 28.4. The summed E-state index contributed by atoms with van der Waals surface area (Å²) in [5.41, 5.74) is 4.15. The molecule has 0 bridgehead atoms. The third-order valence-corrected chi connectivity index (χ3v) is 5.31. The predicted molar refractivity (Wildman–Crippen MR) is 119 cm³/mol. The van der Waals surface area contributed by atoms with Gasteiger partial charge in [0.25, 0.3) is 11.6 Å². The second kappa shape index (κ2) is 7.92. The van der Waals surface area contributed by atoms with Crippen LogP contribution < -0.4 is 5.32 Å². The number of nitrogens with zero attached hydrogens (tertiary/aromatic N) is 5. The molecule has 0 aliphatic rings. The number of non-ortho nitro benzene ring substituents is 1. The number of fused-ring (bicyclic) bond motifs is 1. The number of amides is 1. The van der Waals surface area contributed by atoms with Gasteiger partial charge in [-0.05, 0) is 32.0 Å². The summed E-state index contributed by atoms with van der Waals surface area (Å²) in [7, 11) is 1.85. The second-order valence-electron chi connectivity index (χ2n) is 7.29. The lowest BCUT2D eigenvalue weighted by Gasteiger charge is -2.12. The van der Waals surface area contributed by atoms with Crippen LogP contribution in [-0.4, -0.2) is 25.6 Å². The summed E-state index contributed by atoms with van der Waals surface area (Å²) in [6.07, 6.45) is 0. The average molecular weight is 426 g/mol. The molecule has 0 aliphatic heterocycles. The lowest BCUT2D eigenvalue weighted by molar-refractivity contribution is -0.384. The maximum Gasteiger partial charge on any atom is 0.270 e. The van der Waals surface area contributed by atoms with Gasteiger partial charge in [-0.1, -0.05) is 18.2 Å². The van der Waals surface area contributed by atoms with Gasteiger partial charge in [-0.3, -0.25) is 19.6 Å². The first-order valence-electron chi connectivity index (χ1n) is 9.70. The fourth-order valence-electron chi connectivity index (χ4n) is 3.67. The minimum absolute atomic E-state index is 0.00471. The van der Waals surface area contributed by atoms with Crippen LogP contribution in [0.3, 0.4) is 0 Å². The number of aromatic nitrogens is 3. The van der Waals surface area contributed by atoms with E-state index in [2.05, 4.69) is 10.4 Å². The molecule has 1 amide bonds. The smallest absolute Gasteiger partial charge is 0.270 e. The van der Waals surface area contributed by atoms with Gasteiger partial charge in [-0.2, -0.15) is 10.4 Å². The molecule has 1 N–H and O–H groups in total. The van der Waals surface area contributed by atoms with Crippen LogP contribution in [0.1, 0.15) is 27.3 Å². The van der Waals surface area contributed by atoms with Crippen LogP contribution in [-0.2, 0) is 7.05 Å². The van der Waals surface area contributed by atoms with Crippen molar-refractivity contribution in [2.24, 2.45) is 7.05 Å². The van der Waals surface area contributed by atoms with E-state index in [1.807, 2.05) is 45.2 Å². The van der Waals surface area contributed by atoms with Crippen molar-refractivity contribution in [1.82, 2.24) is 14.8 Å². The van der Waals surface area contributed by atoms with Crippen molar-refractivity contribution in [3.8, 4) is 17.3 Å². The predicted octanol–water partition coefficient (Wildman–Crippen LogP) is 4.28. The van der Waals surface area contributed by atoms with Crippen LogP contribution in [0.25, 0.3) is 22.2 Å². The van der Waals surface area contributed by atoms with E-state index < -0.39 is 10.8 Å². The highest BCUT2D eigenvalue weighted by Gasteiger charge is 2.20. The standard InChI is InChI=1S/C23H18N6O3/c1-13-22(14(2)28(3)27-13)21-11-18(17-6-4-5-7-20(17)25-21)23(30)26-19-9-8-16(29(31)32)10-15(19)12-24/h4-11H,1-3H3,(H,26,30). The molecule has 2 aromatic heterocycles. The quantitative estimate of drug-likeness (QED) is 0.383. The summed E-state index contributed by atoms with van der Waals surface area (Å²) in [5.74, 6) is -0.450. The molecule has 0 unspecified atom stereocenters. The van der Waals surface area contributed by atoms with Gasteiger partial charge in [0.05, 0.1) is 38.6 Å². The molecular formula is C23H18N6O3. The maximum atomic E-state index is 13.3. The summed E-state index contributed by atoms with van der Waals surface area (Å²) in [5, 5.41) is 28.2. The highest BCUT2D eigenvalue weighted by molar-refractivity contribution is 6.13. The zero-order valence-electron chi connectivity index (χ0n) is 17.6. The topological polar surface area (TPSA) is 127 Å². The molecule has 158 valence electrons. The first-order chi connectivity index (χ1) is 15.3. The highest BCUT2D eigenvalue weighted by Crippen LogP contribution is 2.30. The van der Waals surface area contributed by atoms with E-state index in [0.29, 0.717) is 22.2 Å². The normalized spacial score (nSPS) is 10.7. The molecule has 4 aromatic rings. The van der Waals surface area contributed by atoms with Crippen molar-refractivity contribution in [3.63, 3.8) is 0 Å². The number of benzene rings is 2. The Hall–Kier alpha value is -4.58. The molecule has 2 heterocycles. The molecule has 0 spiro atoms. The van der Waals surface area contributed by atoms with E-state index in [1.165, 1.54) is 12.1 Å².